The molecule has 104 valence electrons. The summed E-state index contributed by atoms with van der Waals surface area (Å²) in [6, 6.07) is 0. The van der Waals surface area contributed by atoms with Crippen LogP contribution in [0.25, 0.3) is 0 Å². The molecule has 2 aliphatic rings. The van der Waals surface area contributed by atoms with Crippen LogP contribution in [0.1, 0.15) is 52.4 Å². The number of carbonyl (C=O) groups is 1. The molecule has 0 unspecified atom stereocenters. The number of amides is 1. The Kier molecular flexibility index (Phi) is 3.45. The predicted molar refractivity (Wildman–Crippen MR) is 70.9 cm³/mol. The fourth-order valence-corrected chi connectivity index (χ4v) is 2.68. The monoisotopic (exact) mass is 254 g/mol. The van der Waals surface area contributed by atoms with Gasteiger partial charge in [-0.2, -0.15) is 0 Å². The van der Waals surface area contributed by atoms with Crippen molar-refractivity contribution in [1.82, 2.24) is 5.32 Å². The van der Waals surface area contributed by atoms with Crippen molar-refractivity contribution < 1.29 is 9.90 Å². The number of rotatable bonds is 4. The second-order valence-corrected chi connectivity index (χ2v) is 7.06. The Labute approximate surface area is 109 Å². The molecule has 4 N–H and O–H groups in total. The van der Waals surface area contributed by atoms with E-state index in [1.54, 1.807) is 0 Å². The minimum absolute atomic E-state index is 0.0308. The van der Waals surface area contributed by atoms with Crippen LogP contribution in [0.3, 0.4) is 0 Å². The Morgan fingerprint density at radius 3 is 2.17 bits per heavy atom. The quantitative estimate of drug-likeness (QED) is 0.705. The van der Waals surface area contributed by atoms with E-state index >= 15 is 0 Å². The van der Waals surface area contributed by atoms with Gasteiger partial charge in [0.2, 0.25) is 5.91 Å². The summed E-state index contributed by atoms with van der Waals surface area (Å²) in [6.07, 6.45) is 5.36. The minimum Gasteiger partial charge on any atom is -0.388 e. The molecule has 4 nitrogen and oxygen atoms in total. The van der Waals surface area contributed by atoms with Crippen LogP contribution in [0.5, 0.6) is 0 Å². The van der Waals surface area contributed by atoms with Gasteiger partial charge in [-0.15, -0.1) is 0 Å². The van der Waals surface area contributed by atoms with E-state index in [4.69, 9.17) is 5.73 Å². The molecular formula is C14H26N2O2. The average Bonchev–Trinajstić information content (AvgIpc) is 3.12. The van der Waals surface area contributed by atoms with Crippen molar-refractivity contribution >= 4 is 5.91 Å². The zero-order valence-corrected chi connectivity index (χ0v) is 11.6. The highest BCUT2D eigenvalue weighted by Crippen LogP contribution is 2.45. The van der Waals surface area contributed by atoms with E-state index in [0.717, 1.165) is 38.5 Å². The molecule has 0 aliphatic heterocycles. The largest absolute Gasteiger partial charge is 0.388 e. The van der Waals surface area contributed by atoms with E-state index in [2.05, 4.69) is 19.2 Å². The van der Waals surface area contributed by atoms with Crippen molar-refractivity contribution in [2.75, 3.05) is 13.1 Å². The molecule has 0 heterocycles. The Morgan fingerprint density at radius 2 is 1.72 bits per heavy atom. The van der Waals surface area contributed by atoms with Crippen LogP contribution < -0.4 is 11.1 Å². The summed E-state index contributed by atoms with van der Waals surface area (Å²) >= 11 is 0. The van der Waals surface area contributed by atoms with E-state index in [1.807, 2.05) is 0 Å². The van der Waals surface area contributed by atoms with Crippen LogP contribution in [0.4, 0.5) is 0 Å². The first-order valence-electron chi connectivity index (χ1n) is 7.02. The SMILES string of the molecule is CC1(C)CCC(O)(CNC(=O)C2(CN)CC2)CC1. The van der Waals surface area contributed by atoms with Crippen molar-refractivity contribution in [2.45, 2.75) is 58.0 Å². The number of aliphatic hydroxyl groups is 1. The summed E-state index contributed by atoms with van der Waals surface area (Å²) in [6.45, 7) is 5.27. The van der Waals surface area contributed by atoms with Crippen LogP contribution >= 0.6 is 0 Å². The highest BCUT2D eigenvalue weighted by atomic mass is 16.3. The van der Waals surface area contributed by atoms with Gasteiger partial charge >= 0.3 is 0 Å². The Bertz CT molecular complexity index is 325. The molecule has 0 spiro atoms. The van der Waals surface area contributed by atoms with Gasteiger partial charge in [-0.05, 0) is 43.9 Å². The second kappa shape index (κ2) is 4.49. The van der Waals surface area contributed by atoms with Crippen LogP contribution in [0.2, 0.25) is 0 Å². The molecule has 0 radical (unpaired) electrons. The van der Waals surface area contributed by atoms with Crippen LogP contribution in [0.15, 0.2) is 0 Å². The summed E-state index contributed by atoms with van der Waals surface area (Å²) in [4.78, 5) is 12.0. The van der Waals surface area contributed by atoms with Crippen LogP contribution in [-0.2, 0) is 4.79 Å². The first-order valence-corrected chi connectivity index (χ1v) is 7.02. The maximum atomic E-state index is 12.0. The molecule has 0 saturated heterocycles. The van der Waals surface area contributed by atoms with Gasteiger partial charge in [-0.1, -0.05) is 13.8 Å². The first kappa shape index (κ1) is 13.8. The van der Waals surface area contributed by atoms with E-state index in [9.17, 15) is 9.90 Å². The van der Waals surface area contributed by atoms with Gasteiger partial charge < -0.3 is 16.2 Å². The predicted octanol–water partition coefficient (Wildman–Crippen LogP) is 1.17. The fraction of sp³-hybridized carbons (Fsp3) is 0.929. The molecule has 4 heteroatoms. The van der Waals surface area contributed by atoms with Gasteiger partial charge in [0.15, 0.2) is 0 Å². The lowest BCUT2D eigenvalue weighted by Crippen LogP contribution is -2.49. The molecule has 0 aromatic carbocycles. The molecule has 1 amide bonds. The van der Waals surface area contributed by atoms with Gasteiger partial charge in [0, 0.05) is 13.1 Å². The number of hydrogen-bond donors (Lipinski definition) is 3. The zero-order valence-electron chi connectivity index (χ0n) is 11.6. The minimum atomic E-state index is -0.712. The molecule has 0 bridgehead atoms. The third kappa shape index (κ3) is 2.86. The maximum Gasteiger partial charge on any atom is 0.227 e. The summed E-state index contributed by atoms with van der Waals surface area (Å²) < 4.78 is 0. The highest BCUT2D eigenvalue weighted by molar-refractivity contribution is 5.85. The lowest BCUT2D eigenvalue weighted by Gasteiger charge is -2.40. The van der Waals surface area contributed by atoms with E-state index < -0.39 is 5.60 Å². The lowest BCUT2D eigenvalue weighted by atomic mass is 9.71. The van der Waals surface area contributed by atoms with Crippen molar-refractivity contribution in [3.05, 3.63) is 0 Å². The van der Waals surface area contributed by atoms with Crippen molar-refractivity contribution in [3.63, 3.8) is 0 Å². The Hall–Kier alpha value is -0.610. The molecule has 2 rings (SSSR count). The molecular weight excluding hydrogens is 228 g/mol. The average molecular weight is 254 g/mol. The van der Waals surface area contributed by atoms with Crippen molar-refractivity contribution in [3.8, 4) is 0 Å². The van der Waals surface area contributed by atoms with Crippen molar-refractivity contribution in [2.24, 2.45) is 16.6 Å². The van der Waals surface area contributed by atoms with Gasteiger partial charge in [-0.3, -0.25) is 4.79 Å². The second-order valence-electron chi connectivity index (χ2n) is 7.06. The third-order valence-electron chi connectivity index (χ3n) is 4.84. The summed E-state index contributed by atoms with van der Waals surface area (Å²) in [5.74, 6) is 0.0308. The molecule has 0 aromatic heterocycles. The van der Waals surface area contributed by atoms with Gasteiger partial charge in [0.05, 0.1) is 11.0 Å². The van der Waals surface area contributed by atoms with E-state index in [-0.39, 0.29) is 11.3 Å². The Balaban J connectivity index is 1.82. The third-order valence-corrected chi connectivity index (χ3v) is 4.84. The molecule has 2 fully saturated rings. The smallest absolute Gasteiger partial charge is 0.227 e. The number of carbonyl (C=O) groups excluding carboxylic acids is 1. The maximum absolute atomic E-state index is 12.0. The molecule has 2 saturated carbocycles. The molecule has 0 atom stereocenters. The topological polar surface area (TPSA) is 75.3 Å². The standard InChI is InChI=1S/C14H26N2O2/c1-12(2)3-7-14(18,8-4-12)10-16-11(17)13(9-15)5-6-13/h18H,3-10,15H2,1-2H3,(H,16,17). The van der Waals surface area contributed by atoms with Gasteiger partial charge in [0.1, 0.15) is 0 Å². The normalized spacial score (nSPS) is 27.6. The Morgan fingerprint density at radius 1 is 1.17 bits per heavy atom. The first-order chi connectivity index (χ1) is 8.31. The molecule has 0 aromatic rings. The lowest BCUT2D eigenvalue weighted by molar-refractivity contribution is -0.128. The zero-order chi connectivity index (χ0) is 13.4. The summed E-state index contributed by atoms with van der Waals surface area (Å²) in [5.41, 5.74) is 4.92. The van der Waals surface area contributed by atoms with Crippen LogP contribution in [-0.4, -0.2) is 29.7 Å². The van der Waals surface area contributed by atoms with Crippen LogP contribution in [0, 0.1) is 10.8 Å². The highest BCUT2D eigenvalue weighted by Gasteiger charge is 2.49. The fourth-order valence-electron chi connectivity index (χ4n) is 2.68. The van der Waals surface area contributed by atoms with E-state index in [0.29, 0.717) is 18.5 Å². The van der Waals surface area contributed by atoms with E-state index in [1.165, 1.54) is 0 Å². The molecule has 2 aliphatic carbocycles. The summed E-state index contributed by atoms with van der Waals surface area (Å²) in [7, 11) is 0. The number of nitrogens with one attached hydrogen (secondary N) is 1. The summed E-state index contributed by atoms with van der Waals surface area (Å²) in [5, 5.41) is 13.4. The number of nitrogens with two attached hydrogens (primary N) is 1. The van der Waals surface area contributed by atoms with Gasteiger partial charge in [-0.25, -0.2) is 0 Å². The van der Waals surface area contributed by atoms with Gasteiger partial charge in [0.25, 0.3) is 0 Å². The number of hydrogen-bond acceptors (Lipinski definition) is 3. The van der Waals surface area contributed by atoms with Crippen molar-refractivity contribution in [1.29, 1.82) is 0 Å². The molecule has 18 heavy (non-hydrogen) atoms.